The highest BCUT2D eigenvalue weighted by Gasteiger charge is 2.29. The molecular formula is C50H68N12O12. The van der Waals surface area contributed by atoms with Crippen molar-refractivity contribution < 1.29 is 58.6 Å². The van der Waals surface area contributed by atoms with Gasteiger partial charge in [-0.3, -0.25) is 29.9 Å². The Morgan fingerprint density at radius 2 is 1.04 bits per heavy atom. The van der Waals surface area contributed by atoms with E-state index in [4.69, 9.17) is 45.7 Å². The predicted molar refractivity (Wildman–Crippen MR) is 278 cm³/mol. The van der Waals surface area contributed by atoms with Crippen molar-refractivity contribution in [3.8, 4) is 23.0 Å². The zero-order valence-corrected chi connectivity index (χ0v) is 42.5. The summed E-state index contributed by atoms with van der Waals surface area (Å²) in [4.78, 5) is 42.1. The third-order valence-electron chi connectivity index (χ3n) is 9.09. The Hall–Kier alpha value is -8.48. The first-order valence-electron chi connectivity index (χ1n) is 23.3. The van der Waals surface area contributed by atoms with E-state index >= 15 is 0 Å². The minimum atomic E-state index is -1.37. The topological polar surface area (TPSA) is 351 Å². The Labute approximate surface area is 429 Å². The molecule has 0 aromatic heterocycles. The van der Waals surface area contributed by atoms with E-state index < -0.39 is 42.5 Å². The van der Waals surface area contributed by atoms with Gasteiger partial charge in [-0.15, -0.1) is 10.2 Å². The molecule has 0 spiro atoms. The van der Waals surface area contributed by atoms with Crippen LogP contribution < -0.4 is 57.4 Å². The van der Waals surface area contributed by atoms with E-state index in [2.05, 4.69) is 47.4 Å². The quantitative estimate of drug-likeness (QED) is 0.0188. The molecule has 24 heteroatoms. The summed E-state index contributed by atoms with van der Waals surface area (Å²) in [7, 11) is 0. The molecule has 1 saturated heterocycles. The number of hydrazine groups is 2. The maximum atomic E-state index is 11.7. The number of aliphatic carboxylic acids is 4. The molecular weight excluding hydrogens is 961 g/mol. The molecule has 1 heterocycles. The molecule has 2 atom stereocenters. The lowest BCUT2D eigenvalue weighted by Gasteiger charge is -2.41. The highest BCUT2D eigenvalue weighted by molar-refractivity contribution is 5.84. The number of hydrogen-bond acceptors (Lipinski definition) is 16. The molecule has 74 heavy (non-hydrogen) atoms. The van der Waals surface area contributed by atoms with Crippen molar-refractivity contribution in [1.29, 1.82) is 0 Å². The van der Waals surface area contributed by atoms with Crippen LogP contribution in [0.1, 0.15) is 109 Å². The summed E-state index contributed by atoms with van der Waals surface area (Å²) in [5.41, 5.74) is 26.8. The number of hydrazone groups is 2. The first kappa shape index (κ1) is 59.8. The summed E-state index contributed by atoms with van der Waals surface area (Å²) in [5.74, 6) is -1.56. The average Bonchev–Trinajstić information content (AvgIpc) is 3.30. The van der Waals surface area contributed by atoms with Crippen LogP contribution in [0.3, 0.4) is 0 Å². The zero-order valence-electron chi connectivity index (χ0n) is 42.5. The van der Waals surface area contributed by atoms with Crippen molar-refractivity contribution >= 4 is 48.2 Å². The molecule has 2 unspecified atom stereocenters. The van der Waals surface area contributed by atoms with Crippen molar-refractivity contribution in [2.45, 2.75) is 117 Å². The van der Waals surface area contributed by atoms with E-state index in [1.54, 1.807) is 36.7 Å². The van der Waals surface area contributed by atoms with E-state index in [-0.39, 0.29) is 55.3 Å². The molecule has 5 rings (SSSR count). The summed E-state index contributed by atoms with van der Waals surface area (Å²) in [6.45, 7) is 15.7. The SMILES string of the molecule is CC(C)Oc1ccc(C(NN=C(N)N2NC(c3ccc(OC(C)C)cc3)N2)NC(CC(=O)O)C(=O)O)cc1.CC(C)Oc1ccc(C=NN=C(N)NN=Cc2ccc(OC(C)C)cc2)cc1.O=C(O)CCC(=O)O. The van der Waals surface area contributed by atoms with Gasteiger partial charge in [0.1, 0.15) is 41.4 Å². The summed E-state index contributed by atoms with van der Waals surface area (Å²) < 4.78 is 22.5. The lowest BCUT2D eigenvalue weighted by molar-refractivity contribution is -0.146. The van der Waals surface area contributed by atoms with Gasteiger partial charge >= 0.3 is 23.9 Å². The van der Waals surface area contributed by atoms with Gasteiger partial charge in [-0.05, 0) is 150 Å². The second kappa shape index (κ2) is 31.1. The highest BCUT2D eigenvalue weighted by atomic mass is 16.5. The summed E-state index contributed by atoms with van der Waals surface area (Å²) >= 11 is 0. The third kappa shape index (κ3) is 24.1. The fraction of sp³-hybridized carbons (Fsp3) is 0.360. The molecule has 1 aliphatic heterocycles. The minimum Gasteiger partial charge on any atom is -0.491 e. The first-order chi connectivity index (χ1) is 35.1. The molecule has 24 nitrogen and oxygen atoms in total. The number of nitrogens with two attached hydrogens (primary N) is 2. The number of rotatable bonds is 24. The Balaban J connectivity index is 0.000000351. The van der Waals surface area contributed by atoms with Crippen LogP contribution in [0, 0.1) is 0 Å². The molecule has 0 bridgehead atoms. The van der Waals surface area contributed by atoms with Gasteiger partial charge in [-0.1, -0.05) is 24.3 Å². The number of carboxylic acid groups (broad SMARTS) is 4. The van der Waals surface area contributed by atoms with Crippen LogP contribution in [0.5, 0.6) is 23.0 Å². The number of nitrogens with zero attached hydrogens (tertiary/aromatic N) is 5. The molecule has 0 saturated carbocycles. The van der Waals surface area contributed by atoms with Crippen LogP contribution in [0.4, 0.5) is 0 Å². The first-order valence-corrected chi connectivity index (χ1v) is 23.3. The molecule has 4 aromatic carbocycles. The smallest absolute Gasteiger partial charge is 0.321 e. The normalized spacial score (nSPS) is 13.6. The third-order valence-corrected chi connectivity index (χ3v) is 9.09. The Morgan fingerprint density at radius 3 is 1.45 bits per heavy atom. The maximum Gasteiger partial charge on any atom is 0.321 e. The monoisotopic (exact) mass is 1030 g/mol. The predicted octanol–water partition coefficient (Wildman–Crippen LogP) is 5.09. The summed E-state index contributed by atoms with van der Waals surface area (Å²) in [6, 6.07) is 28.3. The van der Waals surface area contributed by atoms with E-state index in [1.807, 2.05) is 128 Å². The number of carbonyl (C=O) groups is 4. The summed E-state index contributed by atoms with van der Waals surface area (Å²) in [5, 5.41) is 54.6. The number of ether oxygens (including phenoxy) is 4. The lowest BCUT2D eigenvalue weighted by Crippen LogP contribution is -2.69. The van der Waals surface area contributed by atoms with E-state index in [0.717, 1.165) is 33.9 Å². The summed E-state index contributed by atoms with van der Waals surface area (Å²) in [6.07, 6.45) is 1.30. The maximum absolute atomic E-state index is 11.7. The number of carboxylic acids is 4. The van der Waals surface area contributed by atoms with Crippen LogP contribution in [0.2, 0.25) is 0 Å². The van der Waals surface area contributed by atoms with Gasteiger partial charge in [-0.2, -0.15) is 21.1 Å². The Bertz CT molecular complexity index is 2470. The molecule has 0 radical (unpaired) electrons. The second-order valence-electron chi connectivity index (χ2n) is 17.0. The fourth-order valence-corrected chi connectivity index (χ4v) is 5.92. The van der Waals surface area contributed by atoms with Crippen molar-refractivity contribution in [3.05, 3.63) is 119 Å². The molecule has 13 N–H and O–H groups in total. The van der Waals surface area contributed by atoms with Crippen LogP contribution in [-0.4, -0.2) is 104 Å². The van der Waals surface area contributed by atoms with Crippen molar-refractivity contribution in [1.82, 2.24) is 32.1 Å². The minimum absolute atomic E-state index is 0.0177. The van der Waals surface area contributed by atoms with Gasteiger partial charge < -0.3 is 50.8 Å². The van der Waals surface area contributed by atoms with Crippen molar-refractivity contribution in [2.24, 2.45) is 31.9 Å². The van der Waals surface area contributed by atoms with Crippen molar-refractivity contribution in [2.75, 3.05) is 0 Å². The van der Waals surface area contributed by atoms with E-state index in [9.17, 15) is 24.3 Å². The molecule has 0 amide bonds. The van der Waals surface area contributed by atoms with Crippen LogP contribution in [0.15, 0.2) is 117 Å². The molecule has 400 valence electrons. The van der Waals surface area contributed by atoms with Crippen molar-refractivity contribution in [3.63, 3.8) is 0 Å². The van der Waals surface area contributed by atoms with E-state index in [0.29, 0.717) is 11.3 Å². The van der Waals surface area contributed by atoms with Gasteiger partial charge in [0.05, 0.1) is 56.1 Å². The average molecular weight is 1030 g/mol. The molecule has 0 aliphatic carbocycles. The van der Waals surface area contributed by atoms with E-state index in [1.165, 1.54) is 5.12 Å². The highest BCUT2D eigenvalue weighted by Crippen LogP contribution is 2.22. The van der Waals surface area contributed by atoms with Gasteiger partial charge in [0, 0.05) is 0 Å². The zero-order chi connectivity index (χ0) is 54.7. The van der Waals surface area contributed by atoms with Gasteiger partial charge in [0.2, 0.25) is 11.9 Å². The van der Waals surface area contributed by atoms with Crippen LogP contribution >= 0.6 is 0 Å². The lowest BCUT2D eigenvalue weighted by atomic mass is 10.1. The van der Waals surface area contributed by atoms with Gasteiger partial charge in [0.15, 0.2) is 0 Å². The Morgan fingerprint density at radius 1 is 0.622 bits per heavy atom. The van der Waals surface area contributed by atoms with Gasteiger partial charge in [0.25, 0.3) is 0 Å². The van der Waals surface area contributed by atoms with Crippen LogP contribution in [-0.2, 0) is 19.2 Å². The van der Waals surface area contributed by atoms with Gasteiger partial charge in [-0.25, -0.2) is 10.5 Å². The largest absolute Gasteiger partial charge is 0.491 e. The molecule has 1 fully saturated rings. The Kier molecular flexibility index (Phi) is 25.1. The molecule has 1 aliphatic rings. The molecule has 4 aromatic rings. The number of benzene rings is 4. The number of guanidine groups is 2. The fourth-order valence-electron chi connectivity index (χ4n) is 5.92. The number of hydrogen-bond donors (Lipinski definition) is 11. The standard InChI is InChI=1S/C25H35N7O6.C21H27N5O2.C4H6O4/c1-14(2)37-18-9-5-16(6-10-18)22(27-20(24(35)36)13-21(33)34)28-29-25(26)32-30-23(31-32)17-7-11-19(12-8-17)38-15(3)4;1-15(2)27-19-9-5-17(6-10-19)13-23-25-21(22)26-24-14-18-7-11-20(12-8-18)28-16(3)4;5-3(6)1-2-4(7)8/h5-12,14-15,20,22-23,27-28,30-31H,13H2,1-4H3,(H2,26,29)(H,33,34)(H,35,36);5-16H,1-4H3,(H3,22,25,26);1-2H2,(H,5,6)(H,7,8). The van der Waals surface area contributed by atoms with Crippen LogP contribution in [0.25, 0.3) is 0 Å². The second-order valence-corrected chi connectivity index (χ2v) is 17.0. The number of nitrogens with one attached hydrogen (secondary N) is 5.